The Morgan fingerprint density at radius 2 is 1.82 bits per heavy atom. The molecule has 0 aromatic heterocycles. The third-order valence-electron chi connectivity index (χ3n) is 4.94. The van der Waals surface area contributed by atoms with E-state index in [0.717, 1.165) is 11.1 Å². The van der Waals surface area contributed by atoms with Crippen molar-refractivity contribution in [3.8, 4) is 0 Å². The van der Waals surface area contributed by atoms with E-state index in [1.807, 2.05) is 32.9 Å². The van der Waals surface area contributed by atoms with Crippen LogP contribution in [-0.2, 0) is 14.8 Å². The summed E-state index contributed by atoms with van der Waals surface area (Å²) in [6, 6.07) is 12.1. The fourth-order valence-corrected chi connectivity index (χ4v) is 4.86. The summed E-state index contributed by atoms with van der Waals surface area (Å²) in [5, 5.41) is 2.96. The number of aryl methyl sites for hydroxylation is 2. The van der Waals surface area contributed by atoms with Gasteiger partial charge in [-0.15, -0.1) is 0 Å². The van der Waals surface area contributed by atoms with Crippen molar-refractivity contribution in [3.05, 3.63) is 64.7 Å². The van der Waals surface area contributed by atoms with Crippen LogP contribution in [0.1, 0.15) is 40.0 Å². The molecular weight excluding hydrogens is 376 g/mol. The number of benzene rings is 2. The number of hydrogen-bond donors (Lipinski definition) is 1. The zero-order valence-corrected chi connectivity index (χ0v) is 17.3. The minimum absolute atomic E-state index is 0.126. The van der Waals surface area contributed by atoms with Gasteiger partial charge in [-0.2, -0.15) is 4.31 Å². The summed E-state index contributed by atoms with van der Waals surface area (Å²) in [6.45, 7) is 7.37. The number of hydrogen-bond acceptors (Lipinski definition) is 4. The Morgan fingerprint density at radius 1 is 1.11 bits per heavy atom. The van der Waals surface area contributed by atoms with Gasteiger partial charge < -0.3 is 10.1 Å². The van der Waals surface area contributed by atoms with Crippen LogP contribution >= 0.6 is 0 Å². The van der Waals surface area contributed by atoms with Crippen molar-refractivity contribution in [1.82, 2.24) is 9.62 Å². The zero-order valence-electron chi connectivity index (χ0n) is 16.4. The van der Waals surface area contributed by atoms with Crippen LogP contribution in [0, 0.1) is 13.8 Å². The minimum atomic E-state index is -3.64. The first-order chi connectivity index (χ1) is 13.3. The van der Waals surface area contributed by atoms with Crippen LogP contribution in [0.25, 0.3) is 0 Å². The van der Waals surface area contributed by atoms with Gasteiger partial charge in [0.25, 0.3) is 5.91 Å². The third kappa shape index (κ3) is 4.43. The second-order valence-corrected chi connectivity index (χ2v) is 9.04. The summed E-state index contributed by atoms with van der Waals surface area (Å²) < 4.78 is 32.3. The fraction of sp³-hybridized carbons (Fsp3) is 0.381. The summed E-state index contributed by atoms with van der Waals surface area (Å²) in [5.41, 5.74) is 3.64. The number of sulfonamides is 1. The molecule has 1 atom stereocenters. The molecule has 150 valence electrons. The molecule has 3 rings (SSSR count). The molecule has 2 aromatic carbocycles. The highest BCUT2D eigenvalue weighted by atomic mass is 32.2. The third-order valence-corrected chi connectivity index (χ3v) is 6.84. The van der Waals surface area contributed by atoms with Crippen molar-refractivity contribution in [2.45, 2.75) is 31.7 Å². The molecule has 1 saturated heterocycles. The molecule has 7 heteroatoms. The molecule has 0 saturated carbocycles. The van der Waals surface area contributed by atoms with Gasteiger partial charge in [0.2, 0.25) is 10.0 Å². The number of ether oxygens (including phenoxy) is 1. The van der Waals surface area contributed by atoms with E-state index in [4.69, 9.17) is 4.74 Å². The van der Waals surface area contributed by atoms with Crippen LogP contribution in [0.4, 0.5) is 0 Å². The van der Waals surface area contributed by atoms with E-state index < -0.39 is 10.0 Å². The van der Waals surface area contributed by atoms with E-state index in [0.29, 0.717) is 31.9 Å². The highest BCUT2D eigenvalue weighted by Gasteiger charge is 2.27. The Kier molecular flexibility index (Phi) is 6.17. The van der Waals surface area contributed by atoms with E-state index in [-0.39, 0.29) is 16.8 Å². The maximum Gasteiger partial charge on any atom is 0.251 e. The molecule has 1 fully saturated rings. The SMILES string of the molecule is Cc1ccc(C(C)NC(=O)c2cccc(S(=O)(=O)N3CCOCC3)c2)c(C)c1. The Morgan fingerprint density at radius 3 is 2.50 bits per heavy atom. The molecule has 1 aliphatic heterocycles. The normalized spacial score (nSPS) is 16.5. The summed E-state index contributed by atoms with van der Waals surface area (Å²) in [6.07, 6.45) is 0. The first kappa shape index (κ1) is 20.5. The first-order valence-corrected chi connectivity index (χ1v) is 10.8. The van der Waals surface area contributed by atoms with Crippen molar-refractivity contribution in [1.29, 1.82) is 0 Å². The van der Waals surface area contributed by atoms with Crippen molar-refractivity contribution >= 4 is 15.9 Å². The Balaban J connectivity index is 1.78. The Bertz CT molecular complexity index is 966. The summed E-state index contributed by atoms with van der Waals surface area (Å²) >= 11 is 0. The van der Waals surface area contributed by atoms with Crippen LogP contribution < -0.4 is 5.32 Å². The second-order valence-electron chi connectivity index (χ2n) is 7.10. The number of rotatable bonds is 5. The molecule has 0 spiro atoms. The van der Waals surface area contributed by atoms with E-state index in [9.17, 15) is 13.2 Å². The van der Waals surface area contributed by atoms with Crippen molar-refractivity contribution in [2.24, 2.45) is 0 Å². The molecular formula is C21H26N2O4S. The van der Waals surface area contributed by atoms with Crippen LogP contribution in [0.2, 0.25) is 0 Å². The summed E-state index contributed by atoms with van der Waals surface area (Å²) in [5.74, 6) is -0.300. The Hall–Kier alpha value is -2.22. The number of morpholine rings is 1. The topological polar surface area (TPSA) is 75.7 Å². The predicted molar refractivity (Wildman–Crippen MR) is 108 cm³/mol. The van der Waals surface area contributed by atoms with Crippen LogP contribution in [-0.4, -0.2) is 44.9 Å². The molecule has 0 radical (unpaired) electrons. The van der Waals surface area contributed by atoms with E-state index in [1.165, 1.54) is 22.0 Å². The lowest BCUT2D eigenvalue weighted by Gasteiger charge is -2.26. The number of amides is 1. The van der Waals surface area contributed by atoms with Crippen molar-refractivity contribution in [2.75, 3.05) is 26.3 Å². The van der Waals surface area contributed by atoms with Gasteiger partial charge in [-0.1, -0.05) is 29.8 Å². The highest BCUT2D eigenvalue weighted by Crippen LogP contribution is 2.21. The summed E-state index contributed by atoms with van der Waals surface area (Å²) in [4.78, 5) is 12.8. The fourth-order valence-electron chi connectivity index (χ4n) is 3.40. The average molecular weight is 403 g/mol. The summed E-state index contributed by atoms with van der Waals surface area (Å²) in [7, 11) is -3.64. The molecule has 1 heterocycles. The number of nitrogens with one attached hydrogen (secondary N) is 1. The molecule has 2 aromatic rings. The number of carbonyl (C=O) groups excluding carboxylic acids is 1. The molecule has 1 aliphatic rings. The van der Waals surface area contributed by atoms with Gasteiger partial charge in [-0.25, -0.2) is 8.42 Å². The van der Waals surface area contributed by atoms with Gasteiger partial charge in [-0.3, -0.25) is 4.79 Å². The molecule has 1 N–H and O–H groups in total. The maximum atomic E-state index is 12.8. The molecule has 0 bridgehead atoms. The molecule has 1 amide bonds. The van der Waals surface area contributed by atoms with Crippen LogP contribution in [0.15, 0.2) is 47.4 Å². The smallest absolute Gasteiger partial charge is 0.251 e. The maximum absolute atomic E-state index is 12.8. The molecule has 0 aliphatic carbocycles. The van der Waals surface area contributed by atoms with Gasteiger partial charge in [0.05, 0.1) is 24.2 Å². The zero-order chi connectivity index (χ0) is 20.3. The van der Waals surface area contributed by atoms with E-state index in [1.54, 1.807) is 12.1 Å². The predicted octanol–water partition coefficient (Wildman–Crippen LogP) is 2.82. The monoisotopic (exact) mass is 402 g/mol. The highest BCUT2D eigenvalue weighted by molar-refractivity contribution is 7.89. The number of carbonyl (C=O) groups is 1. The first-order valence-electron chi connectivity index (χ1n) is 9.35. The van der Waals surface area contributed by atoms with Crippen molar-refractivity contribution in [3.63, 3.8) is 0 Å². The second kappa shape index (κ2) is 8.43. The minimum Gasteiger partial charge on any atom is -0.379 e. The van der Waals surface area contributed by atoms with Gasteiger partial charge in [-0.05, 0) is 50.1 Å². The van der Waals surface area contributed by atoms with Gasteiger partial charge >= 0.3 is 0 Å². The largest absolute Gasteiger partial charge is 0.379 e. The van der Waals surface area contributed by atoms with Crippen molar-refractivity contribution < 1.29 is 17.9 Å². The van der Waals surface area contributed by atoms with Gasteiger partial charge in [0.15, 0.2) is 0 Å². The lowest BCUT2D eigenvalue weighted by molar-refractivity contribution is 0.0730. The lowest BCUT2D eigenvalue weighted by atomic mass is 10.00. The van der Waals surface area contributed by atoms with Gasteiger partial charge in [0, 0.05) is 18.7 Å². The van der Waals surface area contributed by atoms with E-state index in [2.05, 4.69) is 11.4 Å². The van der Waals surface area contributed by atoms with Crippen LogP contribution in [0.5, 0.6) is 0 Å². The molecule has 1 unspecified atom stereocenters. The standard InChI is InChI=1S/C21H26N2O4S/c1-15-7-8-20(16(2)13-15)17(3)22-21(24)18-5-4-6-19(14-18)28(25,26)23-9-11-27-12-10-23/h4-8,13-14,17H,9-12H2,1-3H3,(H,22,24). The number of nitrogens with zero attached hydrogens (tertiary/aromatic N) is 1. The average Bonchev–Trinajstić information content (AvgIpc) is 2.68. The Labute approximate surface area is 166 Å². The van der Waals surface area contributed by atoms with E-state index >= 15 is 0 Å². The molecule has 6 nitrogen and oxygen atoms in total. The molecule has 28 heavy (non-hydrogen) atoms. The van der Waals surface area contributed by atoms with Gasteiger partial charge in [0.1, 0.15) is 0 Å². The van der Waals surface area contributed by atoms with Crippen LogP contribution in [0.3, 0.4) is 0 Å². The quantitative estimate of drug-likeness (QED) is 0.834. The lowest BCUT2D eigenvalue weighted by Crippen LogP contribution is -2.40.